The molecule has 2 rings (SSSR count). The summed E-state index contributed by atoms with van der Waals surface area (Å²) in [5.74, 6) is 2.02. The number of hydrogen-bond donors (Lipinski definition) is 1. The average Bonchev–Trinajstić information content (AvgIpc) is 2.81. The maximum Gasteiger partial charge on any atom is 0.00978 e. The zero-order valence-electron chi connectivity index (χ0n) is 9.76. The Morgan fingerprint density at radius 2 is 1.86 bits per heavy atom. The van der Waals surface area contributed by atoms with Crippen LogP contribution in [0.2, 0.25) is 0 Å². The van der Waals surface area contributed by atoms with Crippen LogP contribution in [0.25, 0.3) is 0 Å². The fraction of sp³-hybridized carbons (Fsp3) is 1.00. The first-order chi connectivity index (χ1) is 6.81. The van der Waals surface area contributed by atoms with Crippen LogP contribution in [0.3, 0.4) is 0 Å². The van der Waals surface area contributed by atoms with Gasteiger partial charge >= 0.3 is 0 Å². The molecule has 0 bridgehead atoms. The lowest BCUT2D eigenvalue weighted by Gasteiger charge is -2.35. The van der Waals surface area contributed by atoms with Crippen LogP contribution < -0.4 is 5.32 Å². The van der Waals surface area contributed by atoms with Gasteiger partial charge in [0.1, 0.15) is 0 Å². The molecule has 0 amide bonds. The van der Waals surface area contributed by atoms with Crippen molar-refractivity contribution in [2.24, 2.45) is 11.8 Å². The molecule has 0 radical (unpaired) electrons. The molecule has 0 aliphatic heterocycles. The summed E-state index contributed by atoms with van der Waals surface area (Å²) in [5, 5.41) is 3.88. The van der Waals surface area contributed by atoms with E-state index in [1.165, 1.54) is 44.9 Å². The Labute approximate surface area is 88.7 Å². The fourth-order valence-electron chi connectivity index (χ4n) is 2.68. The molecule has 1 N–H and O–H groups in total. The minimum absolute atomic E-state index is 0.779. The van der Waals surface area contributed by atoms with Crippen molar-refractivity contribution in [2.45, 2.75) is 70.9 Å². The monoisotopic (exact) mass is 195 g/mol. The van der Waals surface area contributed by atoms with Crippen molar-refractivity contribution >= 4 is 0 Å². The molecule has 2 aliphatic rings. The van der Waals surface area contributed by atoms with Gasteiger partial charge in [-0.05, 0) is 50.9 Å². The van der Waals surface area contributed by atoms with Gasteiger partial charge in [-0.1, -0.05) is 19.8 Å². The molecule has 0 spiro atoms. The highest BCUT2D eigenvalue weighted by Gasteiger charge is 2.33. The first-order valence-corrected chi connectivity index (χ1v) is 6.57. The Morgan fingerprint density at radius 1 is 1.14 bits per heavy atom. The molecule has 0 aromatic rings. The molecule has 0 saturated heterocycles. The van der Waals surface area contributed by atoms with Crippen LogP contribution in [0.1, 0.15) is 58.8 Å². The second kappa shape index (κ2) is 4.65. The standard InChI is InChI=1S/C13H25N/c1-3-5-13(12-8-9-12)14-10(2)11-6-4-7-11/h10-14H,3-9H2,1-2H3. The third-order valence-corrected chi connectivity index (χ3v) is 4.12. The smallest absolute Gasteiger partial charge is 0.00978 e. The van der Waals surface area contributed by atoms with Crippen molar-refractivity contribution in [3.8, 4) is 0 Å². The molecular formula is C13H25N. The highest BCUT2D eigenvalue weighted by molar-refractivity contribution is 4.90. The van der Waals surface area contributed by atoms with Crippen LogP contribution in [-0.2, 0) is 0 Å². The number of nitrogens with one attached hydrogen (secondary N) is 1. The van der Waals surface area contributed by atoms with Gasteiger partial charge in [0.2, 0.25) is 0 Å². The average molecular weight is 195 g/mol. The summed E-state index contributed by atoms with van der Waals surface area (Å²) in [4.78, 5) is 0. The van der Waals surface area contributed by atoms with E-state index in [4.69, 9.17) is 0 Å². The van der Waals surface area contributed by atoms with Gasteiger partial charge in [-0.15, -0.1) is 0 Å². The first-order valence-electron chi connectivity index (χ1n) is 6.57. The highest BCUT2D eigenvalue weighted by Crippen LogP contribution is 2.36. The first kappa shape index (κ1) is 10.5. The summed E-state index contributed by atoms with van der Waals surface area (Å²) >= 11 is 0. The molecule has 1 heteroatoms. The minimum Gasteiger partial charge on any atom is -0.311 e. The van der Waals surface area contributed by atoms with Crippen LogP contribution in [0.5, 0.6) is 0 Å². The summed E-state index contributed by atoms with van der Waals surface area (Å²) in [6, 6.07) is 1.62. The zero-order valence-corrected chi connectivity index (χ0v) is 9.76. The van der Waals surface area contributed by atoms with E-state index in [0.29, 0.717) is 0 Å². The lowest BCUT2D eigenvalue weighted by molar-refractivity contribution is 0.217. The van der Waals surface area contributed by atoms with Gasteiger partial charge in [-0.2, -0.15) is 0 Å². The Kier molecular flexibility index (Phi) is 3.48. The van der Waals surface area contributed by atoms with Gasteiger partial charge in [0.15, 0.2) is 0 Å². The van der Waals surface area contributed by atoms with Gasteiger partial charge in [0.25, 0.3) is 0 Å². The molecule has 0 heterocycles. The van der Waals surface area contributed by atoms with E-state index in [1.807, 2.05) is 0 Å². The minimum atomic E-state index is 0.779. The van der Waals surface area contributed by atoms with Crippen molar-refractivity contribution in [2.75, 3.05) is 0 Å². The van der Waals surface area contributed by atoms with Crippen molar-refractivity contribution in [1.29, 1.82) is 0 Å². The summed E-state index contributed by atoms with van der Waals surface area (Å²) in [5.41, 5.74) is 0. The van der Waals surface area contributed by atoms with E-state index >= 15 is 0 Å². The van der Waals surface area contributed by atoms with E-state index in [9.17, 15) is 0 Å². The Morgan fingerprint density at radius 3 is 2.29 bits per heavy atom. The maximum absolute atomic E-state index is 3.88. The van der Waals surface area contributed by atoms with E-state index in [0.717, 1.165) is 23.9 Å². The largest absolute Gasteiger partial charge is 0.311 e. The molecule has 2 fully saturated rings. The van der Waals surface area contributed by atoms with Crippen LogP contribution >= 0.6 is 0 Å². The highest BCUT2D eigenvalue weighted by atomic mass is 15.0. The molecule has 2 unspecified atom stereocenters. The summed E-state index contributed by atoms with van der Waals surface area (Å²) in [6.07, 6.45) is 10.1. The van der Waals surface area contributed by atoms with Gasteiger partial charge in [0, 0.05) is 12.1 Å². The van der Waals surface area contributed by atoms with Crippen molar-refractivity contribution in [3.63, 3.8) is 0 Å². The van der Waals surface area contributed by atoms with E-state index < -0.39 is 0 Å². The van der Waals surface area contributed by atoms with Crippen LogP contribution in [0.4, 0.5) is 0 Å². The SMILES string of the molecule is CCCC(NC(C)C1CCC1)C1CC1. The Bertz CT molecular complexity index is 170. The van der Waals surface area contributed by atoms with E-state index in [1.54, 1.807) is 0 Å². The molecule has 82 valence electrons. The van der Waals surface area contributed by atoms with E-state index in [-0.39, 0.29) is 0 Å². The third kappa shape index (κ3) is 2.50. The molecular weight excluding hydrogens is 170 g/mol. The van der Waals surface area contributed by atoms with Crippen molar-refractivity contribution < 1.29 is 0 Å². The number of hydrogen-bond acceptors (Lipinski definition) is 1. The van der Waals surface area contributed by atoms with Gasteiger partial charge < -0.3 is 5.32 Å². The summed E-state index contributed by atoms with van der Waals surface area (Å²) < 4.78 is 0. The van der Waals surface area contributed by atoms with Crippen molar-refractivity contribution in [1.82, 2.24) is 5.32 Å². The van der Waals surface area contributed by atoms with Crippen LogP contribution in [-0.4, -0.2) is 12.1 Å². The quantitative estimate of drug-likeness (QED) is 0.685. The van der Waals surface area contributed by atoms with Gasteiger partial charge in [0.05, 0.1) is 0 Å². The van der Waals surface area contributed by atoms with E-state index in [2.05, 4.69) is 19.2 Å². The second-order valence-electron chi connectivity index (χ2n) is 5.38. The van der Waals surface area contributed by atoms with Crippen molar-refractivity contribution in [3.05, 3.63) is 0 Å². The molecule has 0 aromatic heterocycles. The maximum atomic E-state index is 3.88. The molecule has 2 atom stereocenters. The number of rotatable bonds is 6. The normalized spacial score (nSPS) is 27.0. The van der Waals surface area contributed by atoms with Crippen LogP contribution in [0.15, 0.2) is 0 Å². The summed E-state index contributed by atoms with van der Waals surface area (Å²) in [7, 11) is 0. The molecule has 1 nitrogen and oxygen atoms in total. The lowest BCUT2D eigenvalue weighted by atomic mass is 9.80. The zero-order chi connectivity index (χ0) is 9.97. The third-order valence-electron chi connectivity index (χ3n) is 4.12. The van der Waals surface area contributed by atoms with Crippen LogP contribution in [0, 0.1) is 11.8 Å². The molecule has 14 heavy (non-hydrogen) atoms. The summed E-state index contributed by atoms with van der Waals surface area (Å²) in [6.45, 7) is 4.71. The Hall–Kier alpha value is -0.0400. The predicted octanol–water partition coefficient (Wildman–Crippen LogP) is 3.34. The molecule has 0 aromatic carbocycles. The topological polar surface area (TPSA) is 12.0 Å². The lowest BCUT2D eigenvalue weighted by Crippen LogP contribution is -2.44. The van der Waals surface area contributed by atoms with Gasteiger partial charge in [-0.3, -0.25) is 0 Å². The molecule has 2 saturated carbocycles. The predicted molar refractivity (Wildman–Crippen MR) is 61.4 cm³/mol. The Balaban J connectivity index is 1.73. The van der Waals surface area contributed by atoms with Gasteiger partial charge in [-0.25, -0.2) is 0 Å². The second-order valence-corrected chi connectivity index (χ2v) is 5.38. The molecule has 2 aliphatic carbocycles. The fourth-order valence-corrected chi connectivity index (χ4v) is 2.68.